The Morgan fingerprint density at radius 1 is 1.22 bits per heavy atom. The highest BCUT2D eigenvalue weighted by atomic mass is 16.5. The molecule has 0 aliphatic carbocycles. The molecule has 7 heteroatoms. The van der Waals surface area contributed by atoms with Gasteiger partial charge in [-0.15, -0.1) is 0 Å². The average molecular weight is 317 g/mol. The van der Waals surface area contributed by atoms with Gasteiger partial charge in [0.2, 0.25) is 0 Å². The molecule has 1 heterocycles. The van der Waals surface area contributed by atoms with E-state index in [9.17, 15) is 9.59 Å². The van der Waals surface area contributed by atoms with E-state index in [4.69, 9.17) is 14.9 Å². The molecule has 0 saturated heterocycles. The molecule has 0 radical (unpaired) electrons. The van der Waals surface area contributed by atoms with Crippen molar-refractivity contribution in [1.29, 1.82) is 0 Å². The standard InChI is InChI=1S/C16H19N3O4/c17-7-3-8-18-15(20)11-23-13-5-1-4-12(10-13)19-16(21)14-6-2-9-22-14/h1-2,4-6,9-10H,3,7-8,11,17H2,(H,18,20)(H,19,21). The third-order valence-corrected chi connectivity index (χ3v) is 2.91. The van der Waals surface area contributed by atoms with Gasteiger partial charge in [-0.1, -0.05) is 6.07 Å². The van der Waals surface area contributed by atoms with Gasteiger partial charge in [0.25, 0.3) is 11.8 Å². The van der Waals surface area contributed by atoms with E-state index in [1.165, 1.54) is 6.26 Å². The zero-order chi connectivity index (χ0) is 16.5. The Hall–Kier alpha value is -2.80. The minimum Gasteiger partial charge on any atom is -0.484 e. The molecule has 0 bridgehead atoms. The van der Waals surface area contributed by atoms with Crippen LogP contribution in [-0.4, -0.2) is 31.5 Å². The van der Waals surface area contributed by atoms with Crippen molar-refractivity contribution < 1.29 is 18.7 Å². The predicted octanol–water partition coefficient (Wildman–Crippen LogP) is 1.38. The Morgan fingerprint density at radius 3 is 2.83 bits per heavy atom. The third-order valence-electron chi connectivity index (χ3n) is 2.91. The summed E-state index contributed by atoms with van der Waals surface area (Å²) in [5, 5.41) is 5.38. The number of furan rings is 1. The Kier molecular flexibility index (Phi) is 6.19. The number of benzene rings is 1. The third kappa shape index (κ3) is 5.48. The van der Waals surface area contributed by atoms with Crippen molar-refractivity contribution in [2.45, 2.75) is 6.42 Å². The molecule has 1 aromatic carbocycles. The van der Waals surface area contributed by atoms with Gasteiger partial charge in [-0.25, -0.2) is 0 Å². The summed E-state index contributed by atoms with van der Waals surface area (Å²) >= 11 is 0. The van der Waals surface area contributed by atoms with Crippen molar-refractivity contribution in [2.75, 3.05) is 25.0 Å². The molecule has 122 valence electrons. The number of hydrogen-bond donors (Lipinski definition) is 3. The van der Waals surface area contributed by atoms with Crippen LogP contribution in [0.1, 0.15) is 17.0 Å². The number of nitrogens with one attached hydrogen (secondary N) is 2. The highest BCUT2D eigenvalue weighted by molar-refractivity contribution is 6.02. The Morgan fingerprint density at radius 2 is 2.09 bits per heavy atom. The maximum atomic E-state index is 11.9. The molecule has 0 atom stereocenters. The SMILES string of the molecule is NCCCNC(=O)COc1cccc(NC(=O)c2ccco2)c1. The summed E-state index contributed by atoms with van der Waals surface area (Å²) in [7, 11) is 0. The summed E-state index contributed by atoms with van der Waals surface area (Å²) in [6, 6.07) is 9.98. The molecule has 0 saturated carbocycles. The van der Waals surface area contributed by atoms with Crippen LogP contribution in [0, 0.1) is 0 Å². The zero-order valence-corrected chi connectivity index (χ0v) is 12.6. The lowest BCUT2D eigenvalue weighted by atomic mass is 10.3. The van der Waals surface area contributed by atoms with Crippen molar-refractivity contribution in [1.82, 2.24) is 5.32 Å². The maximum Gasteiger partial charge on any atom is 0.291 e. The molecule has 0 aliphatic rings. The number of rotatable bonds is 8. The first-order valence-corrected chi connectivity index (χ1v) is 7.23. The molecule has 0 unspecified atom stereocenters. The molecule has 1 aromatic heterocycles. The van der Waals surface area contributed by atoms with Gasteiger partial charge in [0, 0.05) is 18.3 Å². The second-order valence-corrected chi connectivity index (χ2v) is 4.74. The highest BCUT2D eigenvalue weighted by Gasteiger charge is 2.09. The van der Waals surface area contributed by atoms with Crippen LogP contribution in [0.5, 0.6) is 5.75 Å². The van der Waals surface area contributed by atoms with Crippen LogP contribution in [0.3, 0.4) is 0 Å². The lowest BCUT2D eigenvalue weighted by molar-refractivity contribution is -0.123. The number of hydrogen-bond acceptors (Lipinski definition) is 5. The lowest BCUT2D eigenvalue weighted by Crippen LogP contribution is -2.30. The van der Waals surface area contributed by atoms with E-state index in [1.807, 2.05) is 0 Å². The molecular weight excluding hydrogens is 298 g/mol. The lowest BCUT2D eigenvalue weighted by Gasteiger charge is -2.09. The Bertz CT molecular complexity index is 641. The molecule has 2 rings (SSSR count). The highest BCUT2D eigenvalue weighted by Crippen LogP contribution is 2.18. The van der Waals surface area contributed by atoms with Gasteiger partial charge in [0.05, 0.1) is 6.26 Å². The van der Waals surface area contributed by atoms with E-state index in [2.05, 4.69) is 10.6 Å². The number of nitrogens with two attached hydrogens (primary N) is 1. The minimum atomic E-state index is -0.355. The molecule has 4 N–H and O–H groups in total. The summed E-state index contributed by atoms with van der Waals surface area (Å²) in [5.41, 5.74) is 5.90. The maximum absolute atomic E-state index is 11.9. The van der Waals surface area contributed by atoms with Crippen LogP contribution in [0.15, 0.2) is 47.1 Å². The van der Waals surface area contributed by atoms with Gasteiger partial charge in [0.1, 0.15) is 5.75 Å². The summed E-state index contributed by atoms with van der Waals surface area (Å²) in [4.78, 5) is 23.4. The number of amides is 2. The molecule has 23 heavy (non-hydrogen) atoms. The van der Waals surface area contributed by atoms with Gasteiger partial charge in [-0.2, -0.15) is 0 Å². The van der Waals surface area contributed by atoms with Gasteiger partial charge in [-0.05, 0) is 37.2 Å². The number of anilines is 1. The van der Waals surface area contributed by atoms with E-state index in [1.54, 1.807) is 36.4 Å². The molecule has 0 aliphatic heterocycles. The first-order chi connectivity index (χ1) is 11.2. The van der Waals surface area contributed by atoms with Crippen molar-refractivity contribution in [2.24, 2.45) is 5.73 Å². The molecule has 0 fully saturated rings. The van der Waals surface area contributed by atoms with Crippen LogP contribution >= 0.6 is 0 Å². The summed E-state index contributed by atoms with van der Waals surface area (Å²) in [6.45, 7) is 0.955. The molecule has 2 aromatic rings. The van der Waals surface area contributed by atoms with Crippen LogP contribution in [0.25, 0.3) is 0 Å². The van der Waals surface area contributed by atoms with Crippen LogP contribution in [0.2, 0.25) is 0 Å². The van der Waals surface area contributed by atoms with Gasteiger partial charge in [0.15, 0.2) is 12.4 Å². The van der Waals surface area contributed by atoms with E-state index < -0.39 is 0 Å². The van der Waals surface area contributed by atoms with Crippen LogP contribution < -0.4 is 21.1 Å². The summed E-state index contributed by atoms with van der Waals surface area (Å²) < 4.78 is 10.4. The monoisotopic (exact) mass is 317 g/mol. The molecule has 7 nitrogen and oxygen atoms in total. The minimum absolute atomic E-state index is 0.0971. The summed E-state index contributed by atoms with van der Waals surface area (Å²) in [5.74, 6) is 0.127. The Balaban J connectivity index is 1.85. The summed E-state index contributed by atoms with van der Waals surface area (Å²) in [6.07, 6.45) is 2.15. The second-order valence-electron chi connectivity index (χ2n) is 4.74. The number of ether oxygens (including phenoxy) is 1. The Labute approximate surface area is 133 Å². The smallest absolute Gasteiger partial charge is 0.291 e. The normalized spacial score (nSPS) is 10.1. The fourth-order valence-corrected chi connectivity index (χ4v) is 1.79. The van der Waals surface area contributed by atoms with Gasteiger partial charge in [-0.3, -0.25) is 9.59 Å². The van der Waals surface area contributed by atoms with Crippen LogP contribution in [-0.2, 0) is 4.79 Å². The first-order valence-electron chi connectivity index (χ1n) is 7.23. The van der Waals surface area contributed by atoms with Crippen molar-refractivity contribution in [3.05, 3.63) is 48.4 Å². The van der Waals surface area contributed by atoms with Crippen molar-refractivity contribution in [3.8, 4) is 5.75 Å². The van der Waals surface area contributed by atoms with E-state index in [0.717, 1.165) is 6.42 Å². The van der Waals surface area contributed by atoms with Crippen molar-refractivity contribution in [3.63, 3.8) is 0 Å². The zero-order valence-electron chi connectivity index (χ0n) is 12.6. The average Bonchev–Trinajstić information content (AvgIpc) is 3.08. The quantitative estimate of drug-likeness (QED) is 0.638. The van der Waals surface area contributed by atoms with E-state index in [-0.39, 0.29) is 24.2 Å². The van der Waals surface area contributed by atoms with E-state index in [0.29, 0.717) is 24.5 Å². The number of carbonyl (C=O) groups is 2. The topological polar surface area (TPSA) is 107 Å². The van der Waals surface area contributed by atoms with Gasteiger partial charge >= 0.3 is 0 Å². The number of carbonyl (C=O) groups excluding carboxylic acids is 2. The second kappa shape index (κ2) is 8.60. The van der Waals surface area contributed by atoms with Crippen molar-refractivity contribution >= 4 is 17.5 Å². The molecule has 2 amide bonds. The van der Waals surface area contributed by atoms with E-state index >= 15 is 0 Å². The predicted molar refractivity (Wildman–Crippen MR) is 85.3 cm³/mol. The fourth-order valence-electron chi connectivity index (χ4n) is 1.79. The largest absolute Gasteiger partial charge is 0.484 e. The van der Waals surface area contributed by atoms with Gasteiger partial charge < -0.3 is 25.5 Å². The van der Waals surface area contributed by atoms with Crippen LogP contribution in [0.4, 0.5) is 5.69 Å². The fraction of sp³-hybridized carbons (Fsp3) is 0.250. The first kappa shape index (κ1) is 16.6. The molecular formula is C16H19N3O4. The molecule has 0 spiro atoms.